The quantitative estimate of drug-likeness (QED) is 0.364. The van der Waals surface area contributed by atoms with Crippen LogP contribution in [-0.2, 0) is 16.1 Å². The largest absolute Gasteiger partial charge is 0.365 e. The van der Waals surface area contributed by atoms with Gasteiger partial charge in [-0.1, -0.05) is 53.6 Å². The Morgan fingerprint density at radius 3 is 2.56 bits per heavy atom. The first-order valence-electron chi connectivity index (χ1n) is 12.5. The van der Waals surface area contributed by atoms with E-state index >= 15 is 0 Å². The number of hydrogen-bond donors (Lipinski definition) is 1. The minimum atomic E-state index is -1.07. The second-order valence-corrected chi connectivity index (χ2v) is 12.5. The van der Waals surface area contributed by atoms with Crippen molar-refractivity contribution in [2.75, 3.05) is 0 Å². The number of allylic oxidation sites excluding steroid dienone is 1. The summed E-state index contributed by atoms with van der Waals surface area (Å²) in [5.74, 6) is 1.61. The molecule has 0 heterocycles. The van der Waals surface area contributed by atoms with E-state index in [4.69, 9.17) is 4.74 Å². The molecule has 174 valence electrons. The molecule has 1 aromatic rings. The van der Waals surface area contributed by atoms with Gasteiger partial charge in [-0.05, 0) is 91.7 Å². The minimum absolute atomic E-state index is 0.158. The Kier molecular flexibility index (Phi) is 5.74. The van der Waals surface area contributed by atoms with Crippen LogP contribution in [0.25, 0.3) is 0 Å². The predicted molar refractivity (Wildman–Crippen MR) is 130 cm³/mol. The van der Waals surface area contributed by atoms with Crippen molar-refractivity contribution in [1.82, 2.24) is 0 Å². The maximum absolute atomic E-state index is 12.4. The molecule has 3 unspecified atom stereocenters. The molecule has 1 N–H and O–H groups in total. The fraction of sp³-hybridized carbons (Fsp3) is 0.679. The molecule has 32 heavy (non-hydrogen) atoms. The van der Waals surface area contributed by atoms with E-state index in [1.807, 2.05) is 24.3 Å². The van der Waals surface area contributed by atoms with Gasteiger partial charge in [-0.25, -0.2) is 0 Å². The Balaban J connectivity index is 1.32. The topological polar surface area (TPSA) is 46.5 Å². The van der Waals surface area contributed by atoms with Gasteiger partial charge in [0.25, 0.3) is 0 Å². The number of hydrogen-bond acceptors (Lipinski definition) is 3. The van der Waals surface area contributed by atoms with Crippen molar-refractivity contribution in [2.45, 2.75) is 84.5 Å². The van der Waals surface area contributed by atoms with Crippen LogP contribution in [0.5, 0.6) is 0 Å². The summed E-state index contributed by atoms with van der Waals surface area (Å²) in [4.78, 5) is 12.4. The van der Waals surface area contributed by atoms with Gasteiger partial charge in [-0.15, -0.1) is 0 Å². The number of rotatable bonds is 4. The van der Waals surface area contributed by atoms with Crippen LogP contribution in [0.2, 0.25) is 0 Å². The molecule has 0 saturated heterocycles. The van der Waals surface area contributed by atoms with E-state index in [0.29, 0.717) is 43.0 Å². The Bertz CT molecular complexity index is 923. The van der Waals surface area contributed by atoms with Crippen LogP contribution in [0.15, 0.2) is 40.4 Å². The molecule has 7 atom stereocenters. The van der Waals surface area contributed by atoms with Gasteiger partial charge in [0.15, 0.2) is 5.79 Å². The average molecular weight is 502 g/mol. The number of carbonyl (C=O) groups is 1. The number of Topliss-reactive ketones (excluding diaryl/α,β-unsaturated/α-hetero) is 1. The molecule has 5 rings (SSSR count). The smallest absolute Gasteiger partial charge is 0.169 e. The first-order chi connectivity index (χ1) is 15.1. The minimum Gasteiger partial charge on any atom is -0.365 e. The third-order valence-electron chi connectivity index (χ3n) is 10.0. The summed E-state index contributed by atoms with van der Waals surface area (Å²) in [5, 5.41) is 11.3. The van der Waals surface area contributed by atoms with E-state index in [1.165, 1.54) is 24.8 Å². The summed E-state index contributed by atoms with van der Waals surface area (Å²) in [6, 6.07) is 8.11. The van der Waals surface area contributed by atoms with Crippen LogP contribution in [-0.4, -0.2) is 16.7 Å². The second kappa shape index (κ2) is 8.06. The molecule has 4 aliphatic rings. The highest BCUT2D eigenvalue weighted by molar-refractivity contribution is 9.10. The van der Waals surface area contributed by atoms with Crippen LogP contribution in [0.1, 0.15) is 77.7 Å². The van der Waals surface area contributed by atoms with Gasteiger partial charge in [0, 0.05) is 23.2 Å². The molecular formula is C28H37BrO3. The van der Waals surface area contributed by atoms with Gasteiger partial charge in [0.05, 0.1) is 6.61 Å². The monoisotopic (exact) mass is 500 g/mol. The number of carbonyl (C=O) groups excluding carboxylic acids is 1. The Morgan fingerprint density at radius 2 is 1.84 bits per heavy atom. The maximum Gasteiger partial charge on any atom is 0.169 e. The standard InChI is InChI=1S/C28H37BrO3/c1-18(30)23-10-11-24-22-9-6-20-16-28(31,32-17-19-4-7-21(29)8-5-19)15-14-26(20,2)25(22)12-13-27(23,24)3/h4-8,22-25,31H,9-17H2,1-3H3/t22?,23-,24?,25?,26+,27-,28+/m1/s1. The highest BCUT2D eigenvalue weighted by atomic mass is 79.9. The second-order valence-electron chi connectivity index (χ2n) is 11.6. The van der Waals surface area contributed by atoms with Crippen molar-refractivity contribution in [3.05, 3.63) is 46.0 Å². The summed E-state index contributed by atoms with van der Waals surface area (Å²) in [6.45, 7) is 7.10. The van der Waals surface area contributed by atoms with Gasteiger partial charge >= 0.3 is 0 Å². The number of ether oxygens (including phenoxy) is 1. The molecule has 0 spiro atoms. The number of benzene rings is 1. The SMILES string of the molecule is CC(=O)[C@H]1CCC2C3CC=C4C[C@@](O)(OCc5ccc(Br)cc5)CC[C@]4(C)C3CC[C@@]21C. The van der Waals surface area contributed by atoms with E-state index in [2.05, 4.69) is 35.9 Å². The normalized spacial score (nSPS) is 43.1. The lowest BCUT2D eigenvalue weighted by Crippen LogP contribution is -2.52. The average Bonchev–Trinajstić information content (AvgIpc) is 3.12. The molecule has 1 aromatic carbocycles. The Labute approximate surface area is 201 Å². The van der Waals surface area contributed by atoms with E-state index < -0.39 is 5.79 Å². The zero-order chi connectivity index (χ0) is 22.7. The molecule has 0 radical (unpaired) electrons. The number of halogens is 1. The zero-order valence-corrected chi connectivity index (χ0v) is 21.3. The van der Waals surface area contributed by atoms with Gasteiger partial charge in [-0.3, -0.25) is 4.79 Å². The van der Waals surface area contributed by atoms with Crippen LogP contribution in [0.3, 0.4) is 0 Å². The van der Waals surface area contributed by atoms with Gasteiger partial charge in [0.1, 0.15) is 5.78 Å². The fourth-order valence-electron chi connectivity index (χ4n) is 8.21. The predicted octanol–water partition coefficient (Wildman–Crippen LogP) is 6.82. The van der Waals surface area contributed by atoms with Crippen LogP contribution >= 0.6 is 15.9 Å². The Hall–Kier alpha value is -0.970. The number of aliphatic hydroxyl groups is 1. The van der Waals surface area contributed by atoms with Crippen molar-refractivity contribution >= 4 is 21.7 Å². The van der Waals surface area contributed by atoms with Crippen molar-refractivity contribution in [3.63, 3.8) is 0 Å². The van der Waals surface area contributed by atoms with E-state index in [9.17, 15) is 9.90 Å². The molecule has 3 saturated carbocycles. The third kappa shape index (κ3) is 3.65. The van der Waals surface area contributed by atoms with Crippen LogP contribution in [0, 0.1) is 34.5 Å². The first-order valence-corrected chi connectivity index (χ1v) is 13.2. The van der Waals surface area contributed by atoms with Gasteiger partial charge in [0.2, 0.25) is 0 Å². The van der Waals surface area contributed by atoms with Crippen molar-refractivity contribution < 1.29 is 14.6 Å². The molecule has 0 amide bonds. The van der Waals surface area contributed by atoms with Crippen molar-refractivity contribution in [3.8, 4) is 0 Å². The number of fused-ring (bicyclic) bond motifs is 5. The lowest BCUT2D eigenvalue weighted by atomic mass is 9.47. The highest BCUT2D eigenvalue weighted by Gasteiger charge is 2.60. The van der Waals surface area contributed by atoms with Crippen molar-refractivity contribution in [1.29, 1.82) is 0 Å². The van der Waals surface area contributed by atoms with Crippen LogP contribution < -0.4 is 0 Å². The van der Waals surface area contributed by atoms with Crippen molar-refractivity contribution in [2.24, 2.45) is 34.5 Å². The molecule has 4 aliphatic carbocycles. The lowest BCUT2D eigenvalue weighted by Gasteiger charge is -2.58. The van der Waals surface area contributed by atoms with Crippen LogP contribution in [0.4, 0.5) is 0 Å². The summed E-state index contributed by atoms with van der Waals surface area (Å²) in [7, 11) is 0. The first kappa shape index (κ1) is 22.8. The molecule has 3 nitrogen and oxygen atoms in total. The molecule has 0 aliphatic heterocycles. The fourth-order valence-corrected chi connectivity index (χ4v) is 8.47. The summed E-state index contributed by atoms with van der Waals surface area (Å²) in [6.07, 6.45) is 10.5. The Morgan fingerprint density at radius 1 is 1.09 bits per heavy atom. The summed E-state index contributed by atoms with van der Waals surface area (Å²) in [5.41, 5.74) is 2.84. The van der Waals surface area contributed by atoms with E-state index in [0.717, 1.165) is 29.3 Å². The van der Waals surface area contributed by atoms with E-state index in [-0.39, 0.29) is 16.7 Å². The molecule has 0 aromatic heterocycles. The molecular weight excluding hydrogens is 464 g/mol. The maximum atomic E-state index is 12.4. The molecule has 4 heteroatoms. The molecule has 3 fully saturated rings. The lowest BCUT2D eigenvalue weighted by molar-refractivity contribution is -0.231. The highest BCUT2D eigenvalue weighted by Crippen LogP contribution is 2.66. The molecule has 0 bridgehead atoms. The van der Waals surface area contributed by atoms with E-state index in [1.54, 1.807) is 6.92 Å². The number of ketones is 1. The van der Waals surface area contributed by atoms with Gasteiger partial charge < -0.3 is 9.84 Å². The zero-order valence-electron chi connectivity index (χ0n) is 19.7. The third-order valence-corrected chi connectivity index (χ3v) is 10.6. The summed E-state index contributed by atoms with van der Waals surface area (Å²) >= 11 is 3.47. The summed E-state index contributed by atoms with van der Waals surface area (Å²) < 4.78 is 7.17. The van der Waals surface area contributed by atoms with Gasteiger partial charge in [-0.2, -0.15) is 0 Å².